The molecule has 1 N–H and O–H groups in total. The molecule has 5 nitrogen and oxygen atoms in total. The molecule has 0 saturated carbocycles. The topological polar surface area (TPSA) is 68.0 Å². The molecule has 2 aromatic carbocycles. The van der Waals surface area contributed by atoms with Crippen molar-refractivity contribution in [3.05, 3.63) is 63.6 Å². The summed E-state index contributed by atoms with van der Waals surface area (Å²) in [7, 11) is 0. The van der Waals surface area contributed by atoms with Gasteiger partial charge in [0.2, 0.25) is 0 Å². The second-order valence-electron chi connectivity index (χ2n) is 4.33. The third kappa shape index (κ3) is 3.03. The van der Waals surface area contributed by atoms with E-state index in [1.807, 2.05) is 12.1 Å². The van der Waals surface area contributed by atoms with Crippen LogP contribution in [0, 0.1) is 0 Å². The number of amides is 1. The van der Waals surface area contributed by atoms with Gasteiger partial charge in [-0.1, -0.05) is 41.0 Å². The lowest BCUT2D eigenvalue weighted by Gasteiger charge is -2.02. The highest BCUT2D eigenvalue weighted by atomic mass is 79.9. The first-order chi connectivity index (χ1) is 10.6. The van der Waals surface area contributed by atoms with Crippen LogP contribution < -0.4 is 5.32 Å². The molecule has 0 aliphatic rings. The summed E-state index contributed by atoms with van der Waals surface area (Å²) in [5, 5.41) is 10.7. The molecular weight excluding hydrogens is 370 g/mol. The molecule has 0 aliphatic heterocycles. The summed E-state index contributed by atoms with van der Waals surface area (Å²) in [4.78, 5) is 12.2. The maximum Gasteiger partial charge on any atom is 0.322 e. The summed E-state index contributed by atoms with van der Waals surface area (Å²) in [5.74, 6) is -0.102. The zero-order chi connectivity index (χ0) is 15.5. The minimum absolute atomic E-state index is 0.00988. The number of hydrogen-bond acceptors (Lipinski definition) is 4. The Hall–Kier alpha value is -2.18. The van der Waals surface area contributed by atoms with Crippen LogP contribution in [0.3, 0.4) is 0 Å². The van der Waals surface area contributed by atoms with E-state index in [-0.39, 0.29) is 17.8 Å². The summed E-state index contributed by atoms with van der Waals surface area (Å²) >= 11 is 9.39. The van der Waals surface area contributed by atoms with Crippen molar-refractivity contribution in [2.24, 2.45) is 0 Å². The Bertz CT molecular complexity index is 835. The Morgan fingerprint density at radius 3 is 2.59 bits per heavy atom. The number of halogens is 2. The van der Waals surface area contributed by atoms with E-state index in [9.17, 15) is 4.79 Å². The summed E-state index contributed by atoms with van der Waals surface area (Å²) in [6.45, 7) is 0. The van der Waals surface area contributed by atoms with Gasteiger partial charge in [0.25, 0.3) is 11.8 Å². The first-order valence-corrected chi connectivity index (χ1v) is 7.46. The molecule has 0 atom stereocenters. The van der Waals surface area contributed by atoms with Gasteiger partial charge in [-0.3, -0.25) is 10.1 Å². The Balaban J connectivity index is 1.82. The molecule has 0 bridgehead atoms. The number of nitrogens with one attached hydrogen (secondary N) is 1. The minimum atomic E-state index is -0.346. The fourth-order valence-electron chi connectivity index (χ4n) is 1.83. The zero-order valence-corrected chi connectivity index (χ0v) is 13.4. The molecule has 0 radical (unpaired) electrons. The molecule has 1 amide bonds. The number of carbonyl (C=O) groups is 1. The highest BCUT2D eigenvalue weighted by molar-refractivity contribution is 9.10. The van der Waals surface area contributed by atoms with Gasteiger partial charge in [-0.15, -0.1) is 5.10 Å². The summed E-state index contributed by atoms with van der Waals surface area (Å²) in [6, 6.07) is 14.2. The van der Waals surface area contributed by atoms with Gasteiger partial charge in [-0.05, 0) is 40.2 Å². The van der Waals surface area contributed by atoms with E-state index < -0.39 is 0 Å². The molecule has 110 valence electrons. The number of nitrogens with zero attached hydrogens (tertiary/aromatic N) is 2. The Morgan fingerprint density at radius 2 is 1.82 bits per heavy atom. The first kappa shape index (κ1) is 14.7. The highest BCUT2D eigenvalue weighted by Crippen LogP contribution is 2.27. The van der Waals surface area contributed by atoms with Gasteiger partial charge in [0.1, 0.15) is 0 Å². The molecule has 0 saturated heterocycles. The van der Waals surface area contributed by atoms with Crippen LogP contribution in [0.1, 0.15) is 10.4 Å². The van der Waals surface area contributed by atoms with Crippen molar-refractivity contribution in [1.82, 2.24) is 10.2 Å². The second-order valence-corrected chi connectivity index (χ2v) is 5.59. The van der Waals surface area contributed by atoms with E-state index in [1.165, 1.54) is 0 Å². The third-order valence-corrected chi connectivity index (χ3v) is 3.89. The lowest BCUT2D eigenvalue weighted by Crippen LogP contribution is -2.12. The normalized spacial score (nSPS) is 10.5. The lowest BCUT2D eigenvalue weighted by atomic mass is 10.2. The van der Waals surface area contributed by atoms with E-state index in [0.29, 0.717) is 20.6 Å². The Morgan fingerprint density at radius 1 is 1.09 bits per heavy atom. The van der Waals surface area contributed by atoms with Gasteiger partial charge < -0.3 is 4.42 Å². The smallest absolute Gasteiger partial charge is 0.322 e. The van der Waals surface area contributed by atoms with E-state index in [0.717, 1.165) is 0 Å². The minimum Gasteiger partial charge on any atom is -0.403 e. The first-order valence-electron chi connectivity index (χ1n) is 6.29. The maximum atomic E-state index is 12.2. The van der Waals surface area contributed by atoms with Gasteiger partial charge in [0.15, 0.2) is 0 Å². The quantitative estimate of drug-likeness (QED) is 0.733. The number of carbonyl (C=O) groups excluding carboxylic acids is 1. The molecule has 0 aliphatic carbocycles. The molecule has 22 heavy (non-hydrogen) atoms. The van der Waals surface area contributed by atoms with Crippen molar-refractivity contribution in [3.8, 4) is 11.5 Å². The number of aromatic nitrogens is 2. The van der Waals surface area contributed by atoms with Gasteiger partial charge in [-0.25, -0.2) is 0 Å². The van der Waals surface area contributed by atoms with Crippen molar-refractivity contribution in [2.75, 3.05) is 5.32 Å². The molecule has 0 unspecified atom stereocenters. The number of benzene rings is 2. The van der Waals surface area contributed by atoms with Gasteiger partial charge in [-0.2, -0.15) is 0 Å². The molecule has 7 heteroatoms. The van der Waals surface area contributed by atoms with Crippen LogP contribution >= 0.6 is 27.5 Å². The van der Waals surface area contributed by atoms with Crippen LogP contribution in [0.4, 0.5) is 6.01 Å². The standard InChI is InChI=1S/C15H9BrClN3O2/c16-11-7-3-1-5-9(11)13(21)18-15-20-19-14(22-15)10-6-2-4-8-12(10)17/h1-8H,(H,18,20,21). The summed E-state index contributed by atoms with van der Waals surface area (Å²) in [5.41, 5.74) is 1.08. The SMILES string of the molecule is O=C(Nc1nnc(-c2ccccc2Cl)o1)c1ccccc1Br. The van der Waals surface area contributed by atoms with Crippen LogP contribution in [0.2, 0.25) is 5.02 Å². The number of rotatable bonds is 3. The lowest BCUT2D eigenvalue weighted by molar-refractivity contribution is 0.102. The number of hydrogen-bond donors (Lipinski definition) is 1. The zero-order valence-electron chi connectivity index (χ0n) is 11.1. The fraction of sp³-hybridized carbons (Fsp3) is 0. The van der Waals surface area contributed by atoms with E-state index >= 15 is 0 Å². The Labute approximate surface area is 139 Å². The monoisotopic (exact) mass is 377 g/mol. The third-order valence-electron chi connectivity index (χ3n) is 2.87. The molecule has 1 aromatic heterocycles. The molecular formula is C15H9BrClN3O2. The van der Waals surface area contributed by atoms with Crippen molar-refractivity contribution in [1.29, 1.82) is 0 Å². The predicted molar refractivity (Wildman–Crippen MR) is 86.8 cm³/mol. The van der Waals surface area contributed by atoms with Crippen LogP contribution in [-0.2, 0) is 0 Å². The highest BCUT2D eigenvalue weighted by Gasteiger charge is 2.15. The maximum absolute atomic E-state index is 12.2. The van der Waals surface area contributed by atoms with Crippen molar-refractivity contribution >= 4 is 39.5 Å². The van der Waals surface area contributed by atoms with Gasteiger partial charge in [0, 0.05) is 4.47 Å². The van der Waals surface area contributed by atoms with Crippen LogP contribution in [0.5, 0.6) is 0 Å². The van der Waals surface area contributed by atoms with Crippen LogP contribution in [0.25, 0.3) is 11.5 Å². The Kier molecular flexibility index (Phi) is 4.22. The van der Waals surface area contributed by atoms with Gasteiger partial charge in [0.05, 0.1) is 16.1 Å². The molecule has 0 fully saturated rings. The van der Waals surface area contributed by atoms with E-state index in [2.05, 4.69) is 31.4 Å². The average Bonchev–Trinajstić information content (AvgIpc) is 2.96. The fourth-order valence-corrected chi connectivity index (χ4v) is 2.51. The predicted octanol–water partition coefficient (Wildman–Crippen LogP) is 4.40. The average molecular weight is 379 g/mol. The van der Waals surface area contributed by atoms with Crippen molar-refractivity contribution < 1.29 is 9.21 Å². The van der Waals surface area contributed by atoms with Crippen LogP contribution in [0.15, 0.2) is 57.4 Å². The van der Waals surface area contributed by atoms with E-state index in [1.54, 1.807) is 36.4 Å². The second kappa shape index (κ2) is 6.29. The van der Waals surface area contributed by atoms with Crippen molar-refractivity contribution in [2.45, 2.75) is 0 Å². The van der Waals surface area contributed by atoms with E-state index in [4.69, 9.17) is 16.0 Å². The van der Waals surface area contributed by atoms with Crippen LogP contribution in [-0.4, -0.2) is 16.1 Å². The molecule has 3 rings (SSSR count). The number of anilines is 1. The molecule has 0 spiro atoms. The van der Waals surface area contributed by atoms with Gasteiger partial charge >= 0.3 is 6.01 Å². The molecule has 1 heterocycles. The van der Waals surface area contributed by atoms with Crippen molar-refractivity contribution in [3.63, 3.8) is 0 Å². The largest absolute Gasteiger partial charge is 0.403 e. The molecule has 3 aromatic rings. The summed E-state index contributed by atoms with van der Waals surface area (Å²) < 4.78 is 6.11. The summed E-state index contributed by atoms with van der Waals surface area (Å²) in [6.07, 6.45) is 0.